The van der Waals surface area contributed by atoms with Crippen LogP contribution in [0.5, 0.6) is 0 Å². The first-order valence-corrected chi connectivity index (χ1v) is 23.0. The van der Waals surface area contributed by atoms with Crippen LogP contribution in [0.3, 0.4) is 0 Å². The van der Waals surface area contributed by atoms with Crippen LogP contribution < -0.4 is 37.7 Å². The summed E-state index contributed by atoms with van der Waals surface area (Å²) < 4.78 is 5.24. The van der Waals surface area contributed by atoms with Crippen molar-refractivity contribution < 1.29 is 0 Å². The zero-order valence-corrected chi connectivity index (χ0v) is 36.7. The molecule has 0 unspecified atom stereocenters. The molecule has 6 heteroatoms. The molecule has 0 N–H and O–H groups in total. The molecule has 62 heavy (non-hydrogen) atoms. The van der Waals surface area contributed by atoms with Gasteiger partial charge in [0.05, 0.1) is 22.1 Å². The van der Waals surface area contributed by atoms with Gasteiger partial charge in [-0.05, 0) is 110 Å². The third-order valence-corrected chi connectivity index (χ3v) is 15.8. The van der Waals surface area contributed by atoms with Gasteiger partial charge in [-0.25, -0.2) is 0 Å². The number of rotatable bonds is 1. The fraction of sp³-hybridized carbons (Fsp3) is 0.143. The molecule has 0 amide bonds. The van der Waals surface area contributed by atoms with Crippen LogP contribution in [0, 0.1) is 0 Å². The summed E-state index contributed by atoms with van der Waals surface area (Å²) in [5.74, 6) is 0. The molecular formula is C56H43B2N3S. The second-order valence-corrected chi connectivity index (χ2v) is 21.2. The Bertz CT molecular complexity index is 3660. The molecule has 10 aromatic rings. The van der Waals surface area contributed by atoms with E-state index in [4.69, 9.17) is 0 Å². The van der Waals surface area contributed by atoms with Crippen LogP contribution in [0.1, 0.15) is 52.7 Å². The van der Waals surface area contributed by atoms with Crippen molar-refractivity contribution in [2.75, 3.05) is 4.90 Å². The van der Waals surface area contributed by atoms with Crippen LogP contribution >= 0.6 is 11.8 Å². The molecule has 4 aliphatic rings. The van der Waals surface area contributed by atoms with Crippen LogP contribution in [0.2, 0.25) is 0 Å². The third kappa shape index (κ3) is 4.41. The van der Waals surface area contributed by atoms with Gasteiger partial charge in [-0.2, -0.15) is 0 Å². The number of benzene rings is 8. The number of nitrogens with zero attached hydrogens (tertiary/aromatic N) is 3. The highest BCUT2D eigenvalue weighted by molar-refractivity contribution is 8.00. The molecule has 2 aromatic heterocycles. The highest BCUT2D eigenvalue weighted by Gasteiger charge is 2.44. The van der Waals surface area contributed by atoms with Gasteiger partial charge in [0.15, 0.2) is 0 Å². The maximum absolute atomic E-state index is 2.62. The van der Waals surface area contributed by atoms with Crippen molar-refractivity contribution in [1.82, 2.24) is 9.13 Å². The Morgan fingerprint density at radius 2 is 0.919 bits per heavy atom. The average Bonchev–Trinajstić information content (AvgIpc) is 3.79. The number of hydrogen-bond donors (Lipinski definition) is 0. The van der Waals surface area contributed by atoms with Crippen LogP contribution in [0.25, 0.3) is 55.0 Å². The van der Waals surface area contributed by atoms with Gasteiger partial charge in [0.2, 0.25) is 6.71 Å². The normalized spacial score (nSPS) is 14.5. The zero-order valence-electron chi connectivity index (χ0n) is 35.8. The van der Waals surface area contributed by atoms with Gasteiger partial charge in [0, 0.05) is 59.8 Å². The quantitative estimate of drug-likeness (QED) is 0.153. The fourth-order valence-corrected chi connectivity index (χ4v) is 12.9. The molecule has 6 heterocycles. The monoisotopic (exact) mass is 811 g/mol. The van der Waals surface area contributed by atoms with E-state index < -0.39 is 0 Å². The minimum Gasteiger partial charge on any atom is -0.311 e. The first-order valence-electron chi connectivity index (χ1n) is 22.2. The molecule has 0 bridgehead atoms. The standard InChI is InChI=1S/C56H43B2N3S/c1-55(2,3)32-20-24-45-41(28-32)57-39-16-10-12-18-43(39)60-47-31-38-36-23-27-50-52-54(36)61(44-19-13-11-17-40(44)58(52)42-29-33(56(4,5)6)21-26-49(42)62-50)48(38)30-37(47)35-22-25-46(51(57)53(35)60)59(45)34-14-8-7-9-15-34/h7-31H,1-6H3. The van der Waals surface area contributed by atoms with Crippen LogP contribution in [0.15, 0.2) is 161 Å². The van der Waals surface area contributed by atoms with E-state index >= 15 is 0 Å². The number of hydrogen-bond acceptors (Lipinski definition) is 2. The van der Waals surface area contributed by atoms with Gasteiger partial charge in [-0.15, -0.1) is 0 Å². The Hall–Kier alpha value is -6.36. The number of aromatic nitrogens is 2. The first-order chi connectivity index (χ1) is 30.0. The molecule has 3 nitrogen and oxygen atoms in total. The molecule has 0 atom stereocenters. The van der Waals surface area contributed by atoms with E-state index in [0.717, 1.165) is 0 Å². The Morgan fingerprint density at radius 3 is 1.56 bits per heavy atom. The molecule has 0 radical (unpaired) electrons. The summed E-state index contributed by atoms with van der Waals surface area (Å²) in [7, 11) is 0. The second kappa shape index (κ2) is 11.8. The average molecular weight is 812 g/mol. The van der Waals surface area contributed by atoms with Crippen LogP contribution in [-0.4, -0.2) is 22.6 Å². The van der Waals surface area contributed by atoms with Crippen molar-refractivity contribution in [2.24, 2.45) is 0 Å². The van der Waals surface area contributed by atoms with Gasteiger partial charge in [0.25, 0.3) is 6.71 Å². The van der Waals surface area contributed by atoms with E-state index in [-0.39, 0.29) is 24.3 Å². The molecule has 8 aromatic carbocycles. The van der Waals surface area contributed by atoms with Gasteiger partial charge in [-0.1, -0.05) is 150 Å². The summed E-state index contributed by atoms with van der Waals surface area (Å²) in [6.07, 6.45) is 0. The lowest BCUT2D eigenvalue weighted by Crippen LogP contribution is -2.60. The predicted octanol–water partition coefficient (Wildman–Crippen LogP) is 10.4. The van der Waals surface area contributed by atoms with Crippen molar-refractivity contribution in [1.29, 1.82) is 0 Å². The van der Waals surface area contributed by atoms with Crippen molar-refractivity contribution >= 4 is 119 Å². The Labute approximate surface area is 367 Å². The molecule has 0 saturated heterocycles. The molecule has 0 spiro atoms. The number of fused-ring (bicyclic) bond motifs is 16. The maximum atomic E-state index is 2.62. The second-order valence-electron chi connectivity index (χ2n) is 20.1. The van der Waals surface area contributed by atoms with Crippen molar-refractivity contribution in [2.45, 2.75) is 62.2 Å². The summed E-state index contributed by atoms with van der Waals surface area (Å²) in [6.45, 7) is 14.3. The Balaban J connectivity index is 1.10. The summed E-state index contributed by atoms with van der Waals surface area (Å²) in [4.78, 5) is 5.26. The predicted molar refractivity (Wildman–Crippen MR) is 267 cm³/mol. The van der Waals surface area contributed by atoms with E-state index in [1.54, 1.807) is 0 Å². The van der Waals surface area contributed by atoms with Gasteiger partial charge in [0.1, 0.15) is 0 Å². The highest BCUT2D eigenvalue weighted by atomic mass is 32.2. The minimum absolute atomic E-state index is 0.0165. The highest BCUT2D eigenvalue weighted by Crippen LogP contribution is 2.46. The topological polar surface area (TPSA) is 13.1 Å². The number of anilines is 3. The van der Waals surface area contributed by atoms with Crippen molar-refractivity contribution in [3.05, 3.63) is 163 Å². The van der Waals surface area contributed by atoms with Crippen LogP contribution in [0.4, 0.5) is 17.1 Å². The largest absolute Gasteiger partial charge is 0.311 e. The van der Waals surface area contributed by atoms with E-state index in [0.29, 0.717) is 0 Å². The minimum atomic E-state index is 0.0165. The number of para-hydroxylation sites is 3. The van der Waals surface area contributed by atoms with E-state index in [1.165, 1.54) is 126 Å². The lowest BCUT2D eigenvalue weighted by atomic mass is 9.33. The molecule has 294 valence electrons. The van der Waals surface area contributed by atoms with E-state index in [9.17, 15) is 0 Å². The maximum Gasteiger partial charge on any atom is 0.252 e. The third-order valence-electron chi connectivity index (χ3n) is 14.7. The lowest BCUT2D eigenvalue weighted by molar-refractivity contribution is 0.590. The molecule has 0 aliphatic carbocycles. The summed E-state index contributed by atoms with van der Waals surface area (Å²) in [5.41, 5.74) is 22.8. The van der Waals surface area contributed by atoms with E-state index in [1.807, 2.05) is 11.8 Å². The Kier molecular flexibility index (Phi) is 6.69. The fourth-order valence-electron chi connectivity index (χ4n) is 11.8. The van der Waals surface area contributed by atoms with Gasteiger partial charge >= 0.3 is 0 Å². The van der Waals surface area contributed by atoms with Crippen molar-refractivity contribution in [3.8, 4) is 11.4 Å². The van der Waals surface area contributed by atoms with Gasteiger partial charge in [-0.3, -0.25) is 0 Å². The summed E-state index contributed by atoms with van der Waals surface area (Å²) >= 11 is 1.95. The van der Waals surface area contributed by atoms with E-state index in [2.05, 4.69) is 207 Å². The SMILES string of the molecule is CC(C)(C)c1ccc2c(c1)B1c3ccccc3-n3c4cc5c6ccc7c8c6n(c5cc4c4ccc(c1c43)S2)-c1ccccc1B8c1cc(C(C)(C)C)ccc1N7c1ccccc1. The van der Waals surface area contributed by atoms with Crippen molar-refractivity contribution in [3.63, 3.8) is 0 Å². The molecule has 4 aliphatic heterocycles. The Morgan fingerprint density at radius 1 is 0.403 bits per heavy atom. The zero-order chi connectivity index (χ0) is 41.6. The van der Waals surface area contributed by atoms with Crippen LogP contribution in [-0.2, 0) is 10.8 Å². The smallest absolute Gasteiger partial charge is 0.252 e. The lowest BCUT2D eigenvalue weighted by Gasteiger charge is -2.40. The molecule has 0 saturated carbocycles. The van der Waals surface area contributed by atoms with Gasteiger partial charge < -0.3 is 14.0 Å². The first kappa shape index (κ1) is 35.3. The molecule has 14 rings (SSSR count). The molecular weight excluding hydrogens is 768 g/mol. The molecule has 0 fully saturated rings. The summed E-state index contributed by atoms with van der Waals surface area (Å²) in [5, 5.41) is 5.25. The summed E-state index contributed by atoms with van der Waals surface area (Å²) in [6, 6.07) is 58.6.